The van der Waals surface area contributed by atoms with E-state index >= 15 is 0 Å². The predicted molar refractivity (Wildman–Crippen MR) is 131 cm³/mol. The molecule has 4 aliphatic carbocycles. The monoisotopic (exact) mass is 405 g/mol. The molecule has 4 aromatic rings. The molecule has 0 saturated carbocycles. The van der Waals surface area contributed by atoms with Crippen molar-refractivity contribution in [1.82, 2.24) is 0 Å². The summed E-state index contributed by atoms with van der Waals surface area (Å²) in [6.07, 6.45) is 4.35. The summed E-state index contributed by atoms with van der Waals surface area (Å²) in [4.78, 5) is 4.02. The summed E-state index contributed by atoms with van der Waals surface area (Å²) < 4.78 is 0. The SMILES string of the molecule is CN1B(c2ccccc2)c2ccsc2-c2c3ccc(c21)CCc1ccc(cc1)CC3. The first kappa shape index (κ1) is 18.0. The Bertz CT molecular complexity index is 1210. The average molecular weight is 405 g/mol. The lowest BCUT2D eigenvalue weighted by Gasteiger charge is -2.37. The Kier molecular flexibility index (Phi) is 4.31. The van der Waals surface area contributed by atoms with Crippen molar-refractivity contribution >= 4 is 34.8 Å². The first-order chi connectivity index (χ1) is 14.8. The summed E-state index contributed by atoms with van der Waals surface area (Å²) in [5, 5.41) is 2.28. The third-order valence-electron chi connectivity index (χ3n) is 6.81. The standard InChI is InChI=1S/C27H24BNS/c1-29-26-22-14-12-20-9-7-19(8-10-20)11-13-21(15-16-22)25(26)27-24(17-18-30-27)28(29)23-5-3-2-4-6-23/h2-10,15-18H,11-14H2,1H3. The van der Waals surface area contributed by atoms with Crippen LogP contribution in [0.15, 0.2) is 78.2 Å². The number of anilines is 1. The molecule has 0 unspecified atom stereocenters. The highest BCUT2D eigenvalue weighted by molar-refractivity contribution is 7.16. The minimum absolute atomic E-state index is 0.278. The molecule has 3 heteroatoms. The van der Waals surface area contributed by atoms with Crippen LogP contribution in [0.5, 0.6) is 0 Å². The molecule has 2 heterocycles. The molecular formula is C27H24BNS. The number of thiophene rings is 1. The predicted octanol–water partition coefficient (Wildman–Crippen LogP) is 4.85. The van der Waals surface area contributed by atoms with E-state index in [4.69, 9.17) is 0 Å². The van der Waals surface area contributed by atoms with E-state index < -0.39 is 0 Å². The normalized spacial score (nSPS) is 14.8. The van der Waals surface area contributed by atoms with Crippen molar-refractivity contribution in [2.45, 2.75) is 25.7 Å². The van der Waals surface area contributed by atoms with Crippen LogP contribution in [0, 0.1) is 0 Å². The zero-order valence-electron chi connectivity index (χ0n) is 17.3. The van der Waals surface area contributed by atoms with Crippen LogP contribution in [0.1, 0.15) is 22.3 Å². The molecule has 1 aromatic heterocycles. The molecule has 0 N–H and O–H groups in total. The van der Waals surface area contributed by atoms with Gasteiger partial charge in [0.1, 0.15) is 0 Å². The van der Waals surface area contributed by atoms with Gasteiger partial charge in [-0.2, -0.15) is 0 Å². The van der Waals surface area contributed by atoms with Gasteiger partial charge in [-0.3, -0.25) is 0 Å². The number of hydrogen-bond acceptors (Lipinski definition) is 2. The van der Waals surface area contributed by atoms with Gasteiger partial charge in [0, 0.05) is 16.1 Å². The number of nitrogens with zero attached hydrogens (tertiary/aromatic N) is 1. The minimum Gasteiger partial charge on any atom is -0.409 e. The van der Waals surface area contributed by atoms with Crippen LogP contribution in [0.4, 0.5) is 5.69 Å². The van der Waals surface area contributed by atoms with Gasteiger partial charge in [0.05, 0.1) is 0 Å². The molecule has 0 fully saturated rings. The van der Waals surface area contributed by atoms with Crippen molar-refractivity contribution in [3.63, 3.8) is 0 Å². The number of aryl methyl sites for hydroxylation is 4. The Morgan fingerprint density at radius 3 is 2.13 bits per heavy atom. The van der Waals surface area contributed by atoms with Crippen LogP contribution < -0.4 is 15.7 Å². The Balaban J connectivity index is 1.56. The first-order valence-electron chi connectivity index (χ1n) is 10.9. The van der Waals surface area contributed by atoms with Crippen molar-refractivity contribution in [3.05, 3.63) is 100 Å². The van der Waals surface area contributed by atoms with Gasteiger partial charge in [0.15, 0.2) is 0 Å². The second-order valence-electron chi connectivity index (χ2n) is 8.55. The summed E-state index contributed by atoms with van der Waals surface area (Å²) in [5.74, 6) is 0. The van der Waals surface area contributed by atoms with E-state index in [2.05, 4.69) is 90.0 Å². The van der Waals surface area contributed by atoms with Crippen molar-refractivity contribution in [1.29, 1.82) is 0 Å². The van der Waals surface area contributed by atoms with Crippen molar-refractivity contribution < 1.29 is 0 Å². The van der Waals surface area contributed by atoms with Gasteiger partial charge in [-0.25, -0.2) is 0 Å². The van der Waals surface area contributed by atoms with Crippen molar-refractivity contribution in [2.24, 2.45) is 0 Å². The van der Waals surface area contributed by atoms with Gasteiger partial charge in [0.2, 0.25) is 0 Å². The topological polar surface area (TPSA) is 3.24 Å². The maximum atomic E-state index is 2.55. The van der Waals surface area contributed by atoms with Gasteiger partial charge >= 0.3 is 6.85 Å². The Morgan fingerprint density at radius 1 is 0.733 bits per heavy atom. The molecule has 0 amide bonds. The third-order valence-corrected chi connectivity index (χ3v) is 7.76. The molecule has 1 nitrogen and oxygen atoms in total. The third kappa shape index (κ3) is 2.84. The maximum Gasteiger partial charge on any atom is 0.324 e. The summed E-state index contributed by atoms with van der Waals surface area (Å²) in [5.41, 5.74) is 11.6. The molecule has 5 aliphatic rings. The smallest absolute Gasteiger partial charge is 0.324 e. The van der Waals surface area contributed by atoms with Gasteiger partial charge < -0.3 is 4.81 Å². The summed E-state index contributed by atoms with van der Waals surface area (Å²) in [6, 6.07) is 27.4. The lowest BCUT2D eigenvalue weighted by Crippen LogP contribution is -2.57. The zero-order chi connectivity index (χ0) is 20.1. The van der Waals surface area contributed by atoms with Crippen LogP contribution in [0.2, 0.25) is 0 Å². The fourth-order valence-electron chi connectivity index (χ4n) is 5.29. The van der Waals surface area contributed by atoms with Crippen molar-refractivity contribution in [3.8, 4) is 10.4 Å². The highest BCUT2D eigenvalue weighted by Gasteiger charge is 2.37. The highest BCUT2D eigenvalue weighted by Crippen LogP contribution is 2.43. The number of hydrogen-bond donors (Lipinski definition) is 0. The van der Waals surface area contributed by atoms with Gasteiger partial charge in [-0.1, -0.05) is 78.3 Å². The minimum atomic E-state index is 0.278. The second kappa shape index (κ2) is 7.18. The molecular weight excluding hydrogens is 381 g/mol. The second-order valence-corrected chi connectivity index (χ2v) is 9.47. The van der Waals surface area contributed by atoms with Crippen LogP contribution in [-0.4, -0.2) is 13.9 Å². The zero-order valence-corrected chi connectivity index (χ0v) is 18.1. The van der Waals surface area contributed by atoms with Crippen molar-refractivity contribution in [2.75, 3.05) is 11.9 Å². The number of fused-ring (bicyclic) bond motifs is 1. The van der Waals surface area contributed by atoms with E-state index in [0.29, 0.717) is 0 Å². The largest absolute Gasteiger partial charge is 0.409 e. The summed E-state index contributed by atoms with van der Waals surface area (Å²) in [7, 11) is 2.30. The van der Waals surface area contributed by atoms with E-state index in [1.807, 2.05) is 11.3 Å². The fraction of sp³-hybridized carbons (Fsp3) is 0.185. The van der Waals surface area contributed by atoms with Crippen LogP contribution in [0.3, 0.4) is 0 Å². The van der Waals surface area contributed by atoms with Gasteiger partial charge in [-0.15, -0.1) is 11.3 Å². The Hall–Kier alpha value is -2.78. The van der Waals surface area contributed by atoms with E-state index in [0.717, 1.165) is 25.7 Å². The summed E-state index contributed by atoms with van der Waals surface area (Å²) in [6.45, 7) is 0.278. The maximum absolute atomic E-state index is 2.55. The quantitative estimate of drug-likeness (QED) is 0.409. The van der Waals surface area contributed by atoms with Crippen LogP contribution in [-0.2, 0) is 25.7 Å². The number of rotatable bonds is 1. The van der Waals surface area contributed by atoms with E-state index in [1.165, 1.54) is 49.3 Å². The molecule has 9 rings (SSSR count). The molecule has 30 heavy (non-hydrogen) atoms. The van der Waals surface area contributed by atoms with Gasteiger partial charge in [-0.05, 0) is 65.8 Å². The highest BCUT2D eigenvalue weighted by atomic mass is 32.1. The Labute approximate surface area is 183 Å². The molecule has 4 bridgehead atoms. The van der Waals surface area contributed by atoms with E-state index in [-0.39, 0.29) is 6.85 Å². The van der Waals surface area contributed by atoms with E-state index in [9.17, 15) is 0 Å². The summed E-state index contributed by atoms with van der Waals surface area (Å²) >= 11 is 1.91. The Morgan fingerprint density at radius 2 is 1.40 bits per heavy atom. The lowest BCUT2D eigenvalue weighted by atomic mass is 9.47. The average Bonchev–Trinajstić information content (AvgIpc) is 3.25. The number of benzene rings is 3. The molecule has 0 atom stereocenters. The van der Waals surface area contributed by atoms with E-state index in [1.54, 1.807) is 0 Å². The molecule has 3 aromatic carbocycles. The molecule has 0 radical (unpaired) electrons. The first-order valence-corrected chi connectivity index (χ1v) is 11.8. The molecule has 0 spiro atoms. The van der Waals surface area contributed by atoms with Gasteiger partial charge in [0.25, 0.3) is 0 Å². The molecule has 1 aliphatic heterocycles. The molecule has 0 saturated heterocycles. The molecule has 146 valence electrons. The van der Waals surface area contributed by atoms with Crippen LogP contribution in [0.25, 0.3) is 10.4 Å². The fourth-order valence-corrected chi connectivity index (χ4v) is 6.30. The van der Waals surface area contributed by atoms with Crippen LogP contribution >= 0.6 is 11.3 Å². The lowest BCUT2D eigenvalue weighted by molar-refractivity contribution is 0.920.